The highest BCUT2D eigenvalue weighted by molar-refractivity contribution is 5.96. The molecule has 0 radical (unpaired) electrons. The van der Waals surface area contributed by atoms with E-state index in [1.807, 2.05) is 42.2 Å². The first-order chi connectivity index (χ1) is 18.3. The highest BCUT2D eigenvalue weighted by Gasteiger charge is 2.34. The molecule has 1 aliphatic rings. The first-order valence-corrected chi connectivity index (χ1v) is 12.0. The van der Waals surface area contributed by atoms with Crippen LogP contribution in [0.25, 0.3) is 0 Å². The van der Waals surface area contributed by atoms with E-state index in [2.05, 4.69) is 32.2 Å². The molecule has 4 rings (SSSR count). The number of hydrogen-bond donors (Lipinski definition) is 2. The average molecular weight is 520 g/mol. The van der Waals surface area contributed by atoms with Crippen molar-refractivity contribution in [2.75, 3.05) is 23.8 Å². The minimum absolute atomic E-state index is 0.0500. The quantitative estimate of drug-likeness (QED) is 0.422. The van der Waals surface area contributed by atoms with Crippen molar-refractivity contribution < 1.29 is 19.1 Å². The number of hydrogen-bond acceptors (Lipinski definition) is 10. The van der Waals surface area contributed by atoms with Crippen molar-refractivity contribution in [3.8, 4) is 0 Å². The lowest BCUT2D eigenvalue weighted by Gasteiger charge is -2.42. The van der Waals surface area contributed by atoms with Crippen molar-refractivity contribution in [3.63, 3.8) is 0 Å². The fourth-order valence-electron chi connectivity index (χ4n) is 4.35. The van der Waals surface area contributed by atoms with Gasteiger partial charge < -0.3 is 25.6 Å². The molecule has 0 unspecified atom stereocenters. The minimum Gasteiger partial charge on any atom is -0.443 e. The number of piperidine rings is 1. The predicted molar refractivity (Wildman–Crippen MR) is 139 cm³/mol. The van der Waals surface area contributed by atoms with Crippen LogP contribution >= 0.6 is 0 Å². The zero-order chi connectivity index (χ0) is 27.2. The Kier molecular flexibility index (Phi) is 7.94. The van der Waals surface area contributed by atoms with Crippen LogP contribution in [-0.2, 0) is 16.1 Å². The second-order valence-electron chi connectivity index (χ2n) is 8.81. The number of likely N-dealkylation sites (N-methyl/N-ethyl adjacent to an activating group) is 1. The number of nitrogens with two attached hydrogens (primary N) is 1. The van der Waals surface area contributed by atoms with E-state index >= 15 is 0 Å². The maximum Gasteiger partial charge on any atom is 0.435 e. The van der Waals surface area contributed by atoms with E-state index in [4.69, 9.17) is 10.5 Å². The number of rotatable bonds is 8. The smallest absolute Gasteiger partial charge is 0.435 e. The highest BCUT2D eigenvalue weighted by Crippen LogP contribution is 2.26. The van der Waals surface area contributed by atoms with Crippen LogP contribution in [0.1, 0.15) is 35.8 Å². The summed E-state index contributed by atoms with van der Waals surface area (Å²) in [5.74, 6) is -0.684. The third-order valence-electron chi connectivity index (χ3n) is 6.36. The molecule has 2 aromatic heterocycles. The summed E-state index contributed by atoms with van der Waals surface area (Å²) >= 11 is 0. The van der Waals surface area contributed by atoms with Gasteiger partial charge in [-0.3, -0.25) is 9.59 Å². The number of carbonyl (C=O) groups excluding carboxylic acids is 3. The lowest BCUT2D eigenvalue weighted by atomic mass is 9.96. The summed E-state index contributed by atoms with van der Waals surface area (Å²) in [7, 11) is 1.80. The number of amides is 2. The van der Waals surface area contributed by atoms with Crippen LogP contribution in [0.15, 0.2) is 55.4 Å². The molecule has 0 saturated carbocycles. The number of ether oxygens (including phenoxy) is 1. The summed E-state index contributed by atoms with van der Waals surface area (Å²) in [6.45, 7) is 6.27. The van der Waals surface area contributed by atoms with Gasteiger partial charge in [-0.1, -0.05) is 36.9 Å². The van der Waals surface area contributed by atoms with Crippen LogP contribution in [0.3, 0.4) is 0 Å². The van der Waals surface area contributed by atoms with Crippen molar-refractivity contribution in [1.29, 1.82) is 0 Å². The third-order valence-corrected chi connectivity index (χ3v) is 6.36. The molecule has 1 aliphatic heterocycles. The summed E-state index contributed by atoms with van der Waals surface area (Å²) in [6, 6.07) is 9.03. The van der Waals surface area contributed by atoms with Crippen LogP contribution in [0.5, 0.6) is 0 Å². The molecule has 1 saturated heterocycles. The molecule has 13 heteroatoms. The zero-order valence-corrected chi connectivity index (χ0v) is 21.1. The van der Waals surface area contributed by atoms with Gasteiger partial charge in [-0.05, 0) is 31.4 Å². The van der Waals surface area contributed by atoms with Crippen molar-refractivity contribution >= 4 is 35.4 Å². The van der Waals surface area contributed by atoms with E-state index in [0.717, 1.165) is 23.1 Å². The van der Waals surface area contributed by atoms with Crippen molar-refractivity contribution in [3.05, 3.63) is 66.6 Å². The monoisotopic (exact) mass is 519 g/mol. The number of primary amides is 1. The molecule has 1 aromatic carbocycles. The Hall–Kier alpha value is -4.81. The number of likely N-dealkylation sites (tertiary alicyclic amines) is 1. The predicted octanol–water partition coefficient (Wildman–Crippen LogP) is 2.10. The molecule has 2 amide bonds. The summed E-state index contributed by atoms with van der Waals surface area (Å²) in [5, 5.41) is 15.0. The average Bonchev–Trinajstić information content (AvgIpc) is 3.40. The van der Waals surface area contributed by atoms with E-state index in [-0.39, 0.29) is 42.1 Å². The normalized spacial score (nSPS) is 16.9. The molecule has 3 heterocycles. The number of anilines is 3. The molecule has 198 valence electrons. The number of nitrogens with zero attached hydrogens (tertiary/aromatic N) is 7. The lowest BCUT2D eigenvalue weighted by Crippen LogP contribution is -2.55. The molecule has 38 heavy (non-hydrogen) atoms. The number of aromatic nitrogens is 5. The maximum absolute atomic E-state index is 12.4. The second kappa shape index (κ2) is 11.5. The van der Waals surface area contributed by atoms with Gasteiger partial charge in [0.25, 0.3) is 5.91 Å². The van der Waals surface area contributed by atoms with E-state index in [0.29, 0.717) is 12.2 Å². The summed E-state index contributed by atoms with van der Waals surface area (Å²) in [4.78, 5) is 44.7. The Morgan fingerprint density at radius 1 is 1.26 bits per heavy atom. The SMILES string of the molecule is C=CC(=O)N1CCC[C@@H](N(C)c2nnc(C(N)=O)c(Nc3cnn(C(=O)OCc4ccccc4)c3)n2)[C@H]1C. The van der Waals surface area contributed by atoms with Gasteiger partial charge in [-0.15, -0.1) is 10.2 Å². The van der Waals surface area contributed by atoms with E-state index < -0.39 is 12.0 Å². The van der Waals surface area contributed by atoms with Gasteiger partial charge in [0.1, 0.15) is 6.61 Å². The Labute approximate surface area is 219 Å². The van der Waals surface area contributed by atoms with E-state index in [9.17, 15) is 14.4 Å². The highest BCUT2D eigenvalue weighted by atomic mass is 16.6. The van der Waals surface area contributed by atoms with Gasteiger partial charge in [-0.2, -0.15) is 14.8 Å². The molecule has 13 nitrogen and oxygen atoms in total. The fourth-order valence-corrected chi connectivity index (χ4v) is 4.35. The van der Waals surface area contributed by atoms with Crippen molar-refractivity contribution in [2.24, 2.45) is 5.73 Å². The van der Waals surface area contributed by atoms with Crippen LogP contribution in [0.4, 0.5) is 22.2 Å². The first-order valence-electron chi connectivity index (χ1n) is 12.0. The number of benzene rings is 1. The van der Waals surface area contributed by atoms with Gasteiger partial charge in [0.2, 0.25) is 11.9 Å². The standard InChI is InChI=1S/C25H29N9O4/c1-4-20(35)33-12-8-11-19(16(33)2)32(3)24-29-23(21(22(26)36)30-31-24)28-18-13-27-34(14-18)25(37)38-15-17-9-6-5-7-10-17/h4-7,9-10,13-14,16,19H,1,8,11-12,15H2,2-3H3,(H2,26,36)(H,28,29,31)/t16-,19-/m1/s1. The molecule has 0 aliphatic carbocycles. The summed E-state index contributed by atoms with van der Waals surface area (Å²) in [6.07, 6.45) is 5.01. The van der Waals surface area contributed by atoms with Crippen LogP contribution in [-0.4, -0.2) is 73.4 Å². The van der Waals surface area contributed by atoms with Gasteiger partial charge in [0, 0.05) is 19.6 Å². The Morgan fingerprint density at radius 3 is 2.74 bits per heavy atom. The molecular formula is C25H29N9O4. The van der Waals surface area contributed by atoms with Gasteiger partial charge in [-0.25, -0.2) is 4.79 Å². The molecular weight excluding hydrogens is 490 g/mol. The lowest BCUT2D eigenvalue weighted by molar-refractivity contribution is -0.129. The minimum atomic E-state index is -0.829. The van der Waals surface area contributed by atoms with Gasteiger partial charge >= 0.3 is 6.09 Å². The Bertz CT molecular complexity index is 1330. The molecule has 3 aromatic rings. The Morgan fingerprint density at radius 2 is 2.03 bits per heavy atom. The van der Waals surface area contributed by atoms with Crippen molar-refractivity contribution in [2.45, 2.75) is 38.5 Å². The molecule has 1 fully saturated rings. The van der Waals surface area contributed by atoms with Gasteiger partial charge in [0.15, 0.2) is 11.5 Å². The second-order valence-corrected chi connectivity index (χ2v) is 8.81. The zero-order valence-electron chi connectivity index (χ0n) is 21.1. The first kappa shape index (κ1) is 26.3. The molecule has 3 N–H and O–H groups in total. The Balaban J connectivity index is 1.50. The van der Waals surface area contributed by atoms with Crippen LogP contribution < -0.4 is 16.0 Å². The molecule has 0 bridgehead atoms. The third kappa shape index (κ3) is 5.77. The van der Waals surface area contributed by atoms with Gasteiger partial charge in [0.05, 0.1) is 24.1 Å². The maximum atomic E-state index is 12.4. The van der Waals surface area contributed by atoms with Crippen LogP contribution in [0, 0.1) is 0 Å². The largest absolute Gasteiger partial charge is 0.443 e. The number of carbonyl (C=O) groups is 3. The topological polar surface area (TPSA) is 161 Å². The fraction of sp³-hybridized carbons (Fsp3) is 0.320. The summed E-state index contributed by atoms with van der Waals surface area (Å²) in [5.41, 5.74) is 6.50. The van der Waals surface area contributed by atoms with Crippen LogP contribution in [0.2, 0.25) is 0 Å². The van der Waals surface area contributed by atoms with E-state index in [1.165, 1.54) is 18.5 Å². The van der Waals surface area contributed by atoms with E-state index in [1.54, 1.807) is 11.9 Å². The van der Waals surface area contributed by atoms with Crippen molar-refractivity contribution in [1.82, 2.24) is 29.9 Å². The molecule has 2 atom stereocenters. The summed E-state index contributed by atoms with van der Waals surface area (Å²) < 4.78 is 6.30. The number of nitrogens with one attached hydrogen (secondary N) is 1. The molecule has 0 spiro atoms.